The molecule has 1 aliphatic heterocycles. The number of carbonyl (C=O) groups is 1. The maximum Gasteiger partial charge on any atom is 0.253 e. The molecule has 4 rings (SSSR count). The first-order chi connectivity index (χ1) is 14.0. The van der Waals surface area contributed by atoms with E-state index in [1.54, 1.807) is 0 Å². The van der Waals surface area contributed by atoms with Gasteiger partial charge in [-0.3, -0.25) is 4.79 Å². The van der Waals surface area contributed by atoms with Crippen molar-refractivity contribution in [3.05, 3.63) is 41.3 Å². The third-order valence-electron chi connectivity index (χ3n) is 6.71. The molecule has 3 heterocycles. The fourth-order valence-electron chi connectivity index (χ4n) is 4.84. The average molecular weight is 395 g/mol. The smallest absolute Gasteiger partial charge is 0.253 e. The Morgan fingerprint density at radius 1 is 1.07 bits per heavy atom. The highest BCUT2D eigenvalue weighted by Gasteiger charge is 2.21. The van der Waals surface area contributed by atoms with Crippen LogP contribution in [-0.4, -0.2) is 34.6 Å². The molecule has 2 aromatic rings. The second-order valence-electron chi connectivity index (χ2n) is 8.97. The molecule has 5 heteroatoms. The Balaban J connectivity index is 1.50. The predicted molar refractivity (Wildman–Crippen MR) is 118 cm³/mol. The molecular formula is C24H34N4O. The largest absolute Gasteiger partial charge is 0.357 e. The number of hydrogen-bond acceptors (Lipinski definition) is 3. The third-order valence-corrected chi connectivity index (χ3v) is 6.71. The lowest BCUT2D eigenvalue weighted by Crippen LogP contribution is -2.36. The summed E-state index contributed by atoms with van der Waals surface area (Å²) >= 11 is 0. The number of rotatable bonds is 4. The molecule has 156 valence electrons. The van der Waals surface area contributed by atoms with E-state index in [2.05, 4.69) is 40.8 Å². The van der Waals surface area contributed by atoms with Crippen LogP contribution in [0.5, 0.6) is 0 Å². The molecule has 5 nitrogen and oxygen atoms in total. The van der Waals surface area contributed by atoms with Gasteiger partial charge in [0.1, 0.15) is 5.82 Å². The molecule has 0 unspecified atom stereocenters. The molecule has 2 aromatic heterocycles. The second kappa shape index (κ2) is 8.60. The van der Waals surface area contributed by atoms with Gasteiger partial charge >= 0.3 is 0 Å². The maximum absolute atomic E-state index is 12.9. The summed E-state index contributed by atoms with van der Waals surface area (Å²) in [5, 5.41) is 3.25. The molecule has 1 aliphatic carbocycles. The Labute approximate surface area is 174 Å². The Kier molecular flexibility index (Phi) is 5.93. The van der Waals surface area contributed by atoms with Gasteiger partial charge in [-0.15, -0.1) is 0 Å². The molecule has 1 N–H and O–H groups in total. The predicted octanol–water partition coefficient (Wildman–Crippen LogP) is 4.79. The van der Waals surface area contributed by atoms with Gasteiger partial charge in [-0.2, -0.15) is 0 Å². The molecule has 2 aliphatic rings. The van der Waals surface area contributed by atoms with Gasteiger partial charge in [-0.05, 0) is 63.6 Å². The minimum absolute atomic E-state index is 0.0586. The zero-order valence-electron chi connectivity index (χ0n) is 18.1. The number of carbonyl (C=O) groups excluding carboxylic acids is 1. The molecule has 1 amide bonds. The van der Waals surface area contributed by atoms with Crippen molar-refractivity contribution in [3.63, 3.8) is 0 Å². The van der Waals surface area contributed by atoms with E-state index in [4.69, 9.17) is 4.98 Å². The number of nitrogens with one attached hydrogen (secondary N) is 1. The molecule has 0 atom stereocenters. The zero-order chi connectivity index (χ0) is 20.4. The highest BCUT2D eigenvalue weighted by molar-refractivity contribution is 5.96. The van der Waals surface area contributed by atoms with Crippen LogP contribution in [0.1, 0.15) is 73.6 Å². The van der Waals surface area contributed by atoms with E-state index >= 15 is 0 Å². The summed E-state index contributed by atoms with van der Waals surface area (Å²) in [5.74, 6) is 1.93. The van der Waals surface area contributed by atoms with Crippen LogP contribution in [0.15, 0.2) is 24.4 Å². The zero-order valence-corrected chi connectivity index (χ0v) is 18.1. The summed E-state index contributed by atoms with van der Waals surface area (Å²) in [5.41, 5.74) is 3.85. The van der Waals surface area contributed by atoms with E-state index in [1.807, 2.05) is 19.2 Å². The first kappa shape index (κ1) is 20.0. The van der Waals surface area contributed by atoms with Crippen LogP contribution in [0.4, 0.5) is 5.82 Å². The summed E-state index contributed by atoms with van der Waals surface area (Å²) in [6.45, 7) is 8.58. The van der Waals surface area contributed by atoms with Crippen molar-refractivity contribution in [3.8, 4) is 5.69 Å². The lowest BCUT2D eigenvalue weighted by Gasteiger charge is -2.31. The van der Waals surface area contributed by atoms with Gasteiger partial charge in [0.2, 0.25) is 0 Å². The molecule has 2 fully saturated rings. The van der Waals surface area contributed by atoms with Crippen molar-refractivity contribution in [1.29, 1.82) is 0 Å². The quantitative estimate of drug-likeness (QED) is 0.811. The number of pyridine rings is 1. The van der Waals surface area contributed by atoms with Gasteiger partial charge in [-0.1, -0.05) is 26.2 Å². The highest BCUT2D eigenvalue weighted by atomic mass is 16.1. The normalized spacial score (nSPS) is 18.8. The Morgan fingerprint density at radius 3 is 2.45 bits per heavy atom. The minimum Gasteiger partial charge on any atom is -0.357 e. The van der Waals surface area contributed by atoms with Gasteiger partial charge in [0.25, 0.3) is 5.91 Å². The van der Waals surface area contributed by atoms with Crippen molar-refractivity contribution in [1.82, 2.24) is 14.9 Å². The fourth-order valence-corrected chi connectivity index (χ4v) is 4.84. The summed E-state index contributed by atoms with van der Waals surface area (Å²) < 4.78 is 2.14. The van der Waals surface area contributed by atoms with E-state index in [-0.39, 0.29) is 5.91 Å². The van der Waals surface area contributed by atoms with Crippen LogP contribution >= 0.6 is 0 Å². The van der Waals surface area contributed by atoms with E-state index in [0.29, 0.717) is 6.04 Å². The topological polar surface area (TPSA) is 50.2 Å². The highest BCUT2D eigenvalue weighted by Crippen LogP contribution is 2.25. The number of nitrogens with zero attached hydrogens (tertiary/aromatic N) is 3. The standard InChI is InChI=1S/C24H34N4O/c1-17-11-13-27(14-12-17)23-10-9-21(16-25-23)28-18(2)15-22(19(28)3)24(29)26-20-7-5-4-6-8-20/h9-10,15-17,20H,4-8,11-14H2,1-3H3,(H,26,29). The summed E-state index contributed by atoms with van der Waals surface area (Å²) in [6.07, 6.45) is 10.3. The van der Waals surface area contributed by atoms with E-state index in [0.717, 1.165) is 60.3 Å². The monoisotopic (exact) mass is 394 g/mol. The van der Waals surface area contributed by atoms with Crippen molar-refractivity contribution >= 4 is 11.7 Å². The Hall–Kier alpha value is -2.30. The molecule has 1 saturated carbocycles. The van der Waals surface area contributed by atoms with Gasteiger partial charge in [0.05, 0.1) is 17.4 Å². The van der Waals surface area contributed by atoms with Crippen molar-refractivity contribution in [2.75, 3.05) is 18.0 Å². The van der Waals surface area contributed by atoms with Crippen molar-refractivity contribution in [2.45, 2.75) is 71.8 Å². The van der Waals surface area contributed by atoms with Crippen LogP contribution in [0, 0.1) is 19.8 Å². The van der Waals surface area contributed by atoms with Gasteiger partial charge in [-0.25, -0.2) is 4.98 Å². The SMILES string of the molecule is Cc1cc(C(=O)NC2CCCCC2)c(C)n1-c1ccc(N2CCC(C)CC2)nc1. The molecule has 0 aromatic carbocycles. The van der Waals surface area contributed by atoms with E-state index in [1.165, 1.54) is 32.1 Å². The number of aryl methyl sites for hydroxylation is 1. The van der Waals surface area contributed by atoms with Crippen LogP contribution < -0.4 is 10.2 Å². The molecular weight excluding hydrogens is 360 g/mol. The lowest BCUT2D eigenvalue weighted by molar-refractivity contribution is 0.0927. The number of aromatic nitrogens is 2. The molecule has 0 bridgehead atoms. The van der Waals surface area contributed by atoms with Crippen LogP contribution in [0.3, 0.4) is 0 Å². The van der Waals surface area contributed by atoms with Crippen LogP contribution in [0.2, 0.25) is 0 Å². The van der Waals surface area contributed by atoms with E-state index < -0.39 is 0 Å². The Morgan fingerprint density at radius 2 is 1.79 bits per heavy atom. The Bertz CT molecular complexity index is 841. The minimum atomic E-state index is 0.0586. The van der Waals surface area contributed by atoms with E-state index in [9.17, 15) is 4.79 Å². The molecule has 1 saturated heterocycles. The number of hydrogen-bond donors (Lipinski definition) is 1. The average Bonchev–Trinajstić information content (AvgIpc) is 3.04. The molecule has 0 spiro atoms. The number of amides is 1. The number of anilines is 1. The molecule has 0 radical (unpaired) electrons. The first-order valence-corrected chi connectivity index (χ1v) is 11.2. The molecule has 29 heavy (non-hydrogen) atoms. The van der Waals surface area contributed by atoms with Crippen molar-refractivity contribution in [2.24, 2.45) is 5.92 Å². The van der Waals surface area contributed by atoms with Gasteiger partial charge < -0.3 is 14.8 Å². The number of piperidine rings is 1. The second-order valence-corrected chi connectivity index (χ2v) is 8.97. The van der Waals surface area contributed by atoms with Crippen molar-refractivity contribution < 1.29 is 4.79 Å². The lowest BCUT2D eigenvalue weighted by atomic mass is 9.95. The summed E-state index contributed by atoms with van der Waals surface area (Å²) in [7, 11) is 0. The maximum atomic E-state index is 12.9. The van der Waals surface area contributed by atoms with Crippen LogP contribution in [-0.2, 0) is 0 Å². The fraction of sp³-hybridized carbons (Fsp3) is 0.583. The van der Waals surface area contributed by atoms with Gasteiger partial charge in [0.15, 0.2) is 0 Å². The summed E-state index contributed by atoms with van der Waals surface area (Å²) in [4.78, 5) is 20.0. The summed E-state index contributed by atoms with van der Waals surface area (Å²) in [6, 6.07) is 6.58. The van der Waals surface area contributed by atoms with Crippen LogP contribution in [0.25, 0.3) is 5.69 Å². The van der Waals surface area contributed by atoms with Gasteiger partial charge in [0, 0.05) is 30.5 Å². The first-order valence-electron chi connectivity index (χ1n) is 11.2. The third kappa shape index (κ3) is 4.34.